The van der Waals surface area contributed by atoms with E-state index in [0.29, 0.717) is 5.69 Å². The first-order valence-corrected chi connectivity index (χ1v) is 4.85. The van der Waals surface area contributed by atoms with Gasteiger partial charge in [-0.1, -0.05) is 19.1 Å². The van der Waals surface area contributed by atoms with Crippen LogP contribution in [0.3, 0.4) is 0 Å². The molecule has 0 radical (unpaired) electrons. The van der Waals surface area contributed by atoms with Gasteiger partial charge in [-0.05, 0) is 19.8 Å². The summed E-state index contributed by atoms with van der Waals surface area (Å²) in [5.74, 6) is -0.503. The minimum Gasteiger partial charge on any atom is -0.364 e. The topological polar surface area (TPSA) is 73.8 Å². The molecule has 0 aliphatic rings. The van der Waals surface area contributed by atoms with E-state index >= 15 is 0 Å². The van der Waals surface area contributed by atoms with Crippen molar-refractivity contribution >= 4 is 5.91 Å². The Morgan fingerprint density at radius 1 is 1.57 bits per heavy atom. The number of hydrogen-bond donors (Lipinski definition) is 1. The molecule has 0 aliphatic heterocycles. The van der Waals surface area contributed by atoms with Gasteiger partial charge < -0.3 is 5.73 Å². The third-order valence-electron chi connectivity index (χ3n) is 2.37. The van der Waals surface area contributed by atoms with Crippen molar-refractivity contribution in [3.05, 3.63) is 11.4 Å². The lowest BCUT2D eigenvalue weighted by atomic mass is 10.2. The zero-order chi connectivity index (χ0) is 10.7. The molecule has 78 valence electrons. The first-order valence-electron chi connectivity index (χ1n) is 4.85. The molecule has 1 rings (SSSR count). The highest BCUT2D eigenvalue weighted by Crippen LogP contribution is 2.14. The van der Waals surface area contributed by atoms with E-state index in [-0.39, 0.29) is 6.04 Å². The van der Waals surface area contributed by atoms with Crippen molar-refractivity contribution in [1.82, 2.24) is 15.0 Å². The SMILES string of the molecule is CCc1c(C(N)=O)nnn1C(C)CC. The second-order valence-corrected chi connectivity index (χ2v) is 3.30. The summed E-state index contributed by atoms with van der Waals surface area (Å²) in [7, 11) is 0. The van der Waals surface area contributed by atoms with Crippen molar-refractivity contribution in [3.8, 4) is 0 Å². The van der Waals surface area contributed by atoms with Crippen LogP contribution in [-0.2, 0) is 6.42 Å². The summed E-state index contributed by atoms with van der Waals surface area (Å²) in [5.41, 5.74) is 6.31. The monoisotopic (exact) mass is 196 g/mol. The number of nitrogens with two attached hydrogens (primary N) is 1. The van der Waals surface area contributed by atoms with Crippen molar-refractivity contribution in [2.75, 3.05) is 0 Å². The Hall–Kier alpha value is -1.39. The van der Waals surface area contributed by atoms with E-state index in [1.54, 1.807) is 4.68 Å². The van der Waals surface area contributed by atoms with Crippen molar-refractivity contribution in [3.63, 3.8) is 0 Å². The highest BCUT2D eigenvalue weighted by atomic mass is 16.1. The quantitative estimate of drug-likeness (QED) is 0.777. The van der Waals surface area contributed by atoms with Crippen molar-refractivity contribution < 1.29 is 4.79 Å². The van der Waals surface area contributed by atoms with Gasteiger partial charge in [0.05, 0.1) is 11.7 Å². The Balaban J connectivity index is 3.13. The molecule has 0 saturated carbocycles. The molecule has 14 heavy (non-hydrogen) atoms. The molecule has 0 bridgehead atoms. The number of primary amides is 1. The van der Waals surface area contributed by atoms with Gasteiger partial charge in [-0.25, -0.2) is 4.68 Å². The summed E-state index contributed by atoms with van der Waals surface area (Å²) in [5, 5.41) is 7.74. The van der Waals surface area contributed by atoms with Gasteiger partial charge in [0.25, 0.3) is 5.91 Å². The smallest absolute Gasteiger partial charge is 0.271 e. The van der Waals surface area contributed by atoms with E-state index in [1.165, 1.54) is 0 Å². The van der Waals surface area contributed by atoms with Crippen LogP contribution in [0.1, 0.15) is 49.4 Å². The lowest BCUT2D eigenvalue weighted by Gasteiger charge is -2.11. The molecule has 1 amide bonds. The number of aromatic nitrogens is 3. The molecule has 1 atom stereocenters. The Bertz CT molecular complexity index is 332. The Labute approximate surface area is 83.3 Å². The van der Waals surface area contributed by atoms with Crippen molar-refractivity contribution in [2.45, 2.75) is 39.7 Å². The summed E-state index contributed by atoms with van der Waals surface area (Å²) in [6.45, 7) is 6.07. The van der Waals surface area contributed by atoms with Crippen molar-refractivity contribution in [2.24, 2.45) is 5.73 Å². The molecular weight excluding hydrogens is 180 g/mol. The molecule has 0 aliphatic carbocycles. The summed E-state index contributed by atoms with van der Waals surface area (Å²) < 4.78 is 1.78. The third-order valence-corrected chi connectivity index (χ3v) is 2.37. The third kappa shape index (κ3) is 1.76. The van der Waals surface area contributed by atoms with Gasteiger partial charge in [-0.2, -0.15) is 0 Å². The largest absolute Gasteiger partial charge is 0.364 e. The van der Waals surface area contributed by atoms with Crippen LogP contribution in [0.25, 0.3) is 0 Å². The molecule has 0 saturated heterocycles. The highest BCUT2D eigenvalue weighted by Gasteiger charge is 2.17. The maximum atomic E-state index is 11.0. The van der Waals surface area contributed by atoms with Crippen LogP contribution in [0.2, 0.25) is 0 Å². The van der Waals surface area contributed by atoms with Gasteiger partial charge in [-0.3, -0.25) is 4.79 Å². The van der Waals surface area contributed by atoms with Crippen LogP contribution < -0.4 is 5.73 Å². The number of carbonyl (C=O) groups is 1. The predicted octanol–water partition coefficient (Wildman–Crippen LogP) is 0.910. The number of carbonyl (C=O) groups excluding carboxylic acids is 1. The average molecular weight is 196 g/mol. The second-order valence-electron chi connectivity index (χ2n) is 3.30. The number of hydrogen-bond acceptors (Lipinski definition) is 3. The molecule has 1 aromatic rings. The first-order chi connectivity index (χ1) is 6.61. The van der Waals surface area contributed by atoms with Crippen LogP contribution in [0, 0.1) is 0 Å². The van der Waals surface area contributed by atoms with E-state index < -0.39 is 5.91 Å². The van der Waals surface area contributed by atoms with Gasteiger partial charge in [0.1, 0.15) is 0 Å². The minimum atomic E-state index is -0.503. The van der Waals surface area contributed by atoms with E-state index in [4.69, 9.17) is 5.73 Å². The maximum absolute atomic E-state index is 11.0. The molecule has 5 nitrogen and oxygen atoms in total. The predicted molar refractivity (Wildman–Crippen MR) is 52.9 cm³/mol. The summed E-state index contributed by atoms with van der Waals surface area (Å²) in [6.07, 6.45) is 1.67. The molecule has 1 heterocycles. The molecule has 1 unspecified atom stereocenters. The van der Waals surface area contributed by atoms with Crippen molar-refractivity contribution in [1.29, 1.82) is 0 Å². The van der Waals surface area contributed by atoms with E-state index in [0.717, 1.165) is 18.5 Å². The molecule has 0 aromatic carbocycles. The number of amides is 1. The number of nitrogens with zero attached hydrogens (tertiary/aromatic N) is 3. The Morgan fingerprint density at radius 3 is 2.64 bits per heavy atom. The van der Waals surface area contributed by atoms with E-state index in [1.807, 2.05) is 13.8 Å². The van der Waals surface area contributed by atoms with Gasteiger partial charge in [0, 0.05) is 0 Å². The fourth-order valence-electron chi connectivity index (χ4n) is 1.36. The van der Waals surface area contributed by atoms with Gasteiger partial charge in [-0.15, -0.1) is 5.10 Å². The standard InChI is InChI=1S/C9H16N4O/c1-4-6(3)13-7(5-2)8(9(10)14)11-12-13/h6H,4-5H2,1-3H3,(H2,10,14). The second kappa shape index (κ2) is 4.21. The zero-order valence-electron chi connectivity index (χ0n) is 8.82. The zero-order valence-corrected chi connectivity index (χ0v) is 8.82. The summed E-state index contributed by atoms with van der Waals surface area (Å²) in [6, 6.07) is 0.255. The molecule has 0 fully saturated rings. The van der Waals surface area contributed by atoms with Crippen LogP contribution in [-0.4, -0.2) is 20.9 Å². The number of rotatable bonds is 4. The highest BCUT2D eigenvalue weighted by molar-refractivity contribution is 5.91. The average Bonchev–Trinajstić information content (AvgIpc) is 2.59. The molecule has 5 heteroatoms. The van der Waals surface area contributed by atoms with Gasteiger partial charge in [0.15, 0.2) is 5.69 Å². The summed E-state index contributed by atoms with van der Waals surface area (Å²) in [4.78, 5) is 11.0. The lowest BCUT2D eigenvalue weighted by Crippen LogP contribution is -2.16. The fourth-order valence-corrected chi connectivity index (χ4v) is 1.36. The van der Waals surface area contributed by atoms with Gasteiger partial charge >= 0.3 is 0 Å². The maximum Gasteiger partial charge on any atom is 0.271 e. The molecule has 1 aromatic heterocycles. The first kappa shape index (κ1) is 10.7. The van der Waals surface area contributed by atoms with Crippen LogP contribution in [0.4, 0.5) is 0 Å². The van der Waals surface area contributed by atoms with E-state index in [2.05, 4.69) is 17.2 Å². The van der Waals surface area contributed by atoms with E-state index in [9.17, 15) is 4.79 Å². The van der Waals surface area contributed by atoms with Crippen LogP contribution >= 0.6 is 0 Å². The minimum absolute atomic E-state index is 0.255. The van der Waals surface area contributed by atoms with Crippen LogP contribution in [0.15, 0.2) is 0 Å². The fraction of sp³-hybridized carbons (Fsp3) is 0.667. The molecular formula is C9H16N4O. The summed E-state index contributed by atoms with van der Waals surface area (Å²) >= 11 is 0. The molecule has 2 N–H and O–H groups in total. The molecule has 0 spiro atoms. The Morgan fingerprint density at radius 2 is 2.21 bits per heavy atom. The lowest BCUT2D eigenvalue weighted by molar-refractivity contribution is 0.0994. The van der Waals surface area contributed by atoms with Crippen LogP contribution in [0.5, 0.6) is 0 Å². The normalized spacial score (nSPS) is 12.8. The van der Waals surface area contributed by atoms with Gasteiger partial charge in [0.2, 0.25) is 0 Å². The Kier molecular flexibility index (Phi) is 3.22.